The Bertz CT molecular complexity index is 1550. The van der Waals surface area contributed by atoms with Crippen LogP contribution in [-0.4, -0.2) is 72.3 Å². The monoisotopic (exact) mass is 573 g/mol. The first-order valence-electron chi connectivity index (χ1n) is 14.0. The van der Waals surface area contributed by atoms with E-state index >= 15 is 0 Å². The van der Waals surface area contributed by atoms with E-state index in [0.717, 1.165) is 48.4 Å². The van der Waals surface area contributed by atoms with Gasteiger partial charge < -0.3 is 19.7 Å². The first-order chi connectivity index (χ1) is 20.2. The Morgan fingerprint density at radius 3 is 2.62 bits per heavy atom. The Labute approximate surface area is 243 Å². The Morgan fingerprint density at radius 1 is 1.10 bits per heavy atom. The topological polar surface area (TPSA) is 142 Å². The molecule has 1 unspecified atom stereocenters. The normalized spacial score (nSPS) is 15.9. The third-order valence-corrected chi connectivity index (χ3v) is 7.00. The molecule has 2 atom stereocenters. The second-order valence-corrected chi connectivity index (χ2v) is 10.6. The van der Waals surface area contributed by atoms with Gasteiger partial charge in [-0.1, -0.05) is 18.2 Å². The molecule has 0 saturated carbocycles. The van der Waals surface area contributed by atoms with E-state index in [1.807, 2.05) is 18.2 Å². The van der Waals surface area contributed by atoms with Crippen molar-refractivity contribution in [1.29, 1.82) is 0 Å². The molecule has 5 rings (SSSR count). The van der Waals surface area contributed by atoms with Crippen molar-refractivity contribution in [2.75, 3.05) is 18.0 Å². The van der Waals surface area contributed by atoms with Gasteiger partial charge in [0.25, 0.3) is 5.91 Å². The zero-order chi connectivity index (χ0) is 29.8. The lowest BCUT2D eigenvalue weighted by molar-refractivity contribution is -0.0197. The number of aryl methyl sites for hydroxylation is 2. The third kappa shape index (κ3) is 6.40. The molecule has 13 nitrogen and oxygen atoms in total. The summed E-state index contributed by atoms with van der Waals surface area (Å²) in [6, 6.07) is 11.4. The van der Waals surface area contributed by atoms with Crippen molar-refractivity contribution in [3.63, 3.8) is 0 Å². The van der Waals surface area contributed by atoms with E-state index in [-0.39, 0.29) is 18.1 Å². The quantitative estimate of drug-likeness (QED) is 0.308. The summed E-state index contributed by atoms with van der Waals surface area (Å²) in [5.74, 6) is 1.16. The van der Waals surface area contributed by atoms with Crippen LogP contribution >= 0.6 is 0 Å². The number of hydrogen-bond donors (Lipinski definition) is 1. The molecule has 0 aliphatic carbocycles. The van der Waals surface area contributed by atoms with Gasteiger partial charge in [-0.3, -0.25) is 9.48 Å². The van der Waals surface area contributed by atoms with Crippen LogP contribution in [0.1, 0.15) is 55.8 Å². The lowest BCUT2D eigenvalue weighted by atomic mass is 10.0. The number of benzene rings is 1. The van der Waals surface area contributed by atoms with E-state index in [2.05, 4.69) is 48.7 Å². The molecule has 220 valence electrons. The van der Waals surface area contributed by atoms with Crippen LogP contribution in [0.3, 0.4) is 0 Å². The third-order valence-electron chi connectivity index (χ3n) is 7.00. The minimum atomic E-state index is -0.823. The fourth-order valence-electron chi connectivity index (χ4n) is 4.96. The van der Waals surface area contributed by atoms with Crippen LogP contribution < -0.4 is 10.2 Å². The lowest BCUT2D eigenvalue weighted by Crippen LogP contribution is -2.48. The van der Waals surface area contributed by atoms with Crippen molar-refractivity contribution in [1.82, 2.24) is 40.3 Å². The summed E-state index contributed by atoms with van der Waals surface area (Å²) in [5, 5.41) is 20.2. The number of anilines is 1. The number of nitrogens with one attached hydrogen (secondary N) is 1. The summed E-state index contributed by atoms with van der Waals surface area (Å²) in [4.78, 5) is 33.0. The fraction of sp³-hybridized carbons (Fsp3) is 0.414. The van der Waals surface area contributed by atoms with E-state index in [0.29, 0.717) is 17.1 Å². The van der Waals surface area contributed by atoms with Gasteiger partial charge in [0, 0.05) is 43.5 Å². The minimum absolute atomic E-state index is 0.0320. The highest BCUT2D eigenvalue weighted by Crippen LogP contribution is 2.30. The van der Waals surface area contributed by atoms with Crippen LogP contribution in [0.25, 0.3) is 22.6 Å². The number of tetrazole rings is 1. The average Bonchev–Trinajstić information content (AvgIpc) is 3.60. The van der Waals surface area contributed by atoms with E-state index in [9.17, 15) is 9.59 Å². The highest BCUT2D eigenvalue weighted by Gasteiger charge is 2.25. The fourth-order valence-corrected chi connectivity index (χ4v) is 4.96. The number of piperidine rings is 1. The zero-order valence-corrected chi connectivity index (χ0v) is 24.4. The van der Waals surface area contributed by atoms with Gasteiger partial charge in [-0.15, -0.1) is 15.0 Å². The Kier molecular flexibility index (Phi) is 8.46. The smallest absolute Gasteiger partial charge is 0.432 e. The molecule has 42 heavy (non-hydrogen) atoms. The van der Waals surface area contributed by atoms with Gasteiger partial charge in [0.1, 0.15) is 11.5 Å². The minimum Gasteiger partial charge on any atom is -0.432 e. The van der Waals surface area contributed by atoms with Gasteiger partial charge in [-0.25, -0.2) is 9.78 Å². The standard InChI is InChI=1S/C29H35N9O4/c1-18(2)41-29(40)42-20(4)38-34-26(33-35-38)25-24(16-31-36(25)5)21-10-12-22(13-11-21)28(39)32-23-9-7-15-37(17-23)27-19(3)8-6-14-30-27/h6,8,10-14,16,18,20,23H,7,9,15,17H2,1-5H3,(H,32,39)/t20?,23-/m1/s1. The summed E-state index contributed by atoms with van der Waals surface area (Å²) in [7, 11) is 1.78. The van der Waals surface area contributed by atoms with Crippen LogP contribution in [0.2, 0.25) is 0 Å². The van der Waals surface area contributed by atoms with Gasteiger partial charge in [-0.2, -0.15) is 5.10 Å². The molecule has 4 aromatic rings. The van der Waals surface area contributed by atoms with E-state index in [4.69, 9.17) is 9.47 Å². The number of ether oxygens (including phenoxy) is 2. The van der Waals surface area contributed by atoms with Gasteiger partial charge in [0.05, 0.1) is 12.3 Å². The Morgan fingerprint density at radius 2 is 1.88 bits per heavy atom. The molecule has 1 fully saturated rings. The molecule has 1 N–H and O–H groups in total. The summed E-state index contributed by atoms with van der Waals surface area (Å²) in [6.45, 7) is 8.78. The second-order valence-electron chi connectivity index (χ2n) is 10.6. The molecule has 1 aromatic carbocycles. The number of carbonyl (C=O) groups excluding carboxylic acids is 2. The molecule has 1 aliphatic heterocycles. The van der Waals surface area contributed by atoms with Crippen LogP contribution in [0.5, 0.6) is 0 Å². The van der Waals surface area contributed by atoms with E-state index < -0.39 is 12.4 Å². The number of amides is 1. The predicted octanol–water partition coefficient (Wildman–Crippen LogP) is 3.92. The molecule has 1 aliphatic rings. The van der Waals surface area contributed by atoms with Crippen LogP contribution in [0, 0.1) is 6.92 Å². The average molecular weight is 574 g/mol. The molecule has 0 bridgehead atoms. The van der Waals surface area contributed by atoms with Gasteiger partial charge in [-0.05, 0) is 75.1 Å². The number of aromatic nitrogens is 7. The number of rotatable bonds is 8. The summed E-state index contributed by atoms with van der Waals surface area (Å²) < 4.78 is 11.9. The van der Waals surface area contributed by atoms with Crippen LogP contribution in [0.15, 0.2) is 48.8 Å². The van der Waals surface area contributed by atoms with Gasteiger partial charge in [0.2, 0.25) is 12.1 Å². The number of carbonyl (C=O) groups is 2. The van der Waals surface area contributed by atoms with Crippen molar-refractivity contribution in [3.8, 4) is 22.6 Å². The molecule has 1 saturated heterocycles. The first-order valence-corrected chi connectivity index (χ1v) is 14.0. The summed E-state index contributed by atoms with van der Waals surface area (Å²) >= 11 is 0. The zero-order valence-electron chi connectivity index (χ0n) is 24.4. The molecular weight excluding hydrogens is 538 g/mol. The van der Waals surface area contributed by atoms with E-state index in [1.54, 1.807) is 57.0 Å². The first kappa shape index (κ1) is 28.7. The number of pyridine rings is 1. The Hall–Kier alpha value is -4.81. The highest BCUT2D eigenvalue weighted by molar-refractivity contribution is 5.95. The van der Waals surface area contributed by atoms with Crippen LogP contribution in [0.4, 0.5) is 10.6 Å². The Balaban J connectivity index is 1.26. The summed E-state index contributed by atoms with van der Waals surface area (Å²) in [5.41, 5.74) is 3.93. The molecule has 13 heteroatoms. The van der Waals surface area contributed by atoms with Gasteiger partial charge >= 0.3 is 6.16 Å². The van der Waals surface area contributed by atoms with Crippen molar-refractivity contribution < 1.29 is 19.1 Å². The van der Waals surface area contributed by atoms with Crippen molar-refractivity contribution in [2.24, 2.45) is 7.05 Å². The number of hydrogen-bond acceptors (Lipinski definition) is 10. The van der Waals surface area contributed by atoms with Crippen molar-refractivity contribution >= 4 is 17.9 Å². The molecule has 3 aromatic heterocycles. The van der Waals surface area contributed by atoms with Crippen molar-refractivity contribution in [2.45, 2.75) is 58.9 Å². The van der Waals surface area contributed by atoms with Gasteiger partial charge in [0.15, 0.2) is 0 Å². The largest absolute Gasteiger partial charge is 0.510 e. The maximum atomic E-state index is 13.1. The molecule has 0 spiro atoms. The van der Waals surface area contributed by atoms with Crippen molar-refractivity contribution in [3.05, 3.63) is 59.9 Å². The highest BCUT2D eigenvalue weighted by atomic mass is 16.7. The maximum absolute atomic E-state index is 13.1. The molecular formula is C29H35N9O4. The molecule has 1 amide bonds. The SMILES string of the molecule is Cc1cccnc1N1CCC[C@@H](NC(=O)c2ccc(-c3cnn(C)c3-c3nnn(C(C)OC(=O)OC(C)C)n3)cc2)C1. The molecule has 4 heterocycles. The van der Waals surface area contributed by atoms with Crippen LogP contribution in [-0.2, 0) is 16.5 Å². The maximum Gasteiger partial charge on any atom is 0.510 e. The number of nitrogens with zero attached hydrogens (tertiary/aromatic N) is 8. The molecule has 0 radical (unpaired) electrons. The van der Waals surface area contributed by atoms with E-state index in [1.165, 1.54) is 4.80 Å². The lowest BCUT2D eigenvalue weighted by Gasteiger charge is -2.34. The second kappa shape index (κ2) is 12.4. The predicted molar refractivity (Wildman–Crippen MR) is 155 cm³/mol. The summed E-state index contributed by atoms with van der Waals surface area (Å²) in [6.07, 6.45) is 3.47.